The van der Waals surface area contributed by atoms with E-state index in [9.17, 15) is 31.1 Å². The van der Waals surface area contributed by atoms with Crippen LogP contribution in [0.5, 0.6) is 0 Å². The van der Waals surface area contributed by atoms with Gasteiger partial charge in [0.05, 0.1) is 17.7 Å². The van der Waals surface area contributed by atoms with Crippen LogP contribution >= 0.6 is 0 Å². The summed E-state index contributed by atoms with van der Waals surface area (Å²) in [7, 11) is 0. The molecule has 0 spiro atoms. The first-order valence-corrected chi connectivity index (χ1v) is 12.8. The highest BCUT2D eigenvalue weighted by atomic mass is 19.4. The first-order chi connectivity index (χ1) is 17.8. The lowest BCUT2D eigenvalue weighted by atomic mass is 9.86. The summed E-state index contributed by atoms with van der Waals surface area (Å²) < 4.78 is 84.3. The average molecular weight is 542 g/mol. The Hall–Kier alpha value is -2.81. The van der Waals surface area contributed by atoms with E-state index in [1.165, 1.54) is 30.3 Å². The molecule has 1 saturated heterocycles. The number of carbonyl (C=O) groups is 1. The van der Waals surface area contributed by atoms with Crippen molar-refractivity contribution in [1.29, 1.82) is 0 Å². The summed E-state index contributed by atoms with van der Waals surface area (Å²) >= 11 is 0. The summed E-state index contributed by atoms with van der Waals surface area (Å²) in [6, 6.07) is 9.46. The molecule has 3 nitrogen and oxygen atoms in total. The largest absolute Gasteiger partial charge is 0.463 e. The Morgan fingerprint density at radius 2 is 1.50 bits per heavy atom. The van der Waals surface area contributed by atoms with Crippen molar-refractivity contribution in [3.63, 3.8) is 0 Å². The summed E-state index contributed by atoms with van der Waals surface area (Å²) in [6.45, 7) is 6.54. The van der Waals surface area contributed by atoms with E-state index >= 15 is 0 Å². The van der Waals surface area contributed by atoms with Crippen LogP contribution in [0.2, 0.25) is 0 Å². The highest BCUT2D eigenvalue weighted by Gasteiger charge is 2.35. The average Bonchev–Trinajstić information content (AvgIpc) is 2.84. The number of benzene rings is 2. The van der Waals surface area contributed by atoms with Gasteiger partial charge < -0.3 is 4.74 Å². The highest BCUT2D eigenvalue weighted by molar-refractivity contribution is 5.82. The molecule has 1 aliphatic rings. The fourth-order valence-electron chi connectivity index (χ4n) is 4.86. The molecule has 1 heterocycles. The maximum absolute atomic E-state index is 13.2. The third kappa shape index (κ3) is 7.85. The smallest absolute Gasteiger partial charge is 0.416 e. The lowest BCUT2D eigenvalue weighted by Crippen LogP contribution is -2.38. The predicted octanol–water partition coefficient (Wildman–Crippen LogP) is 8.53. The molecule has 1 fully saturated rings. The van der Waals surface area contributed by atoms with Gasteiger partial charge in [-0.15, -0.1) is 0 Å². The van der Waals surface area contributed by atoms with Crippen molar-refractivity contribution in [2.24, 2.45) is 5.92 Å². The van der Waals surface area contributed by atoms with E-state index in [0.29, 0.717) is 42.9 Å². The van der Waals surface area contributed by atoms with Crippen molar-refractivity contribution in [3.8, 4) is 0 Å². The quantitative estimate of drug-likeness (QED) is 0.191. The third-order valence-electron chi connectivity index (χ3n) is 6.82. The van der Waals surface area contributed by atoms with Gasteiger partial charge in [0.1, 0.15) is 0 Å². The Bertz CT molecular complexity index is 1090. The van der Waals surface area contributed by atoms with Gasteiger partial charge in [-0.1, -0.05) is 43.7 Å². The Kier molecular flexibility index (Phi) is 9.68. The van der Waals surface area contributed by atoms with Crippen molar-refractivity contribution in [2.45, 2.75) is 70.9 Å². The molecule has 0 radical (unpaired) electrons. The number of hydrogen-bond donors (Lipinski definition) is 0. The van der Waals surface area contributed by atoms with E-state index in [1.54, 1.807) is 6.92 Å². The molecule has 38 heavy (non-hydrogen) atoms. The Labute approximate surface area is 219 Å². The normalized spacial score (nSPS) is 19.1. The summed E-state index contributed by atoms with van der Waals surface area (Å²) in [4.78, 5) is 14.3. The zero-order valence-corrected chi connectivity index (χ0v) is 21.7. The van der Waals surface area contributed by atoms with Crippen LogP contribution in [0.1, 0.15) is 80.8 Å². The van der Waals surface area contributed by atoms with Gasteiger partial charge in [-0.05, 0) is 73.9 Å². The van der Waals surface area contributed by atoms with Gasteiger partial charge in [-0.2, -0.15) is 26.3 Å². The minimum absolute atomic E-state index is 0.224. The number of nitrogens with zero attached hydrogens (tertiary/aromatic N) is 1. The zero-order chi connectivity index (χ0) is 28.1. The van der Waals surface area contributed by atoms with Gasteiger partial charge in [-0.3, -0.25) is 4.90 Å². The Morgan fingerprint density at radius 3 is 2.00 bits per heavy atom. The van der Waals surface area contributed by atoms with E-state index in [4.69, 9.17) is 4.74 Å². The van der Waals surface area contributed by atoms with Crippen LogP contribution in [0.15, 0.2) is 60.2 Å². The first kappa shape index (κ1) is 29.7. The molecule has 1 aliphatic heterocycles. The summed E-state index contributed by atoms with van der Waals surface area (Å²) in [5, 5.41) is 0. The molecule has 9 heteroatoms. The third-order valence-corrected chi connectivity index (χ3v) is 6.82. The number of ether oxygens (including phenoxy) is 1. The first-order valence-electron chi connectivity index (χ1n) is 12.8. The second-order valence-electron chi connectivity index (χ2n) is 9.99. The van der Waals surface area contributed by atoms with Crippen molar-refractivity contribution >= 4 is 5.97 Å². The number of alkyl halides is 6. The Morgan fingerprint density at radius 1 is 0.947 bits per heavy atom. The molecule has 0 aliphatic carbocycles. The molecule has 0 N–H and O–H groups in total. The van der Waals surface area contributed by atoms with Crippen LogP contribution in [-0.4, -0.2) is 24.0 Å². The highest BCUT2D eigenvalue weighted by Crippen LogP contribution is 2.43. The van der Waals surface area contributed by atoms with Crippen LogP contribution in [0.4, 0.5) is 26.3 Å². The number of halogens is 6. The fraction of sp³-hybridized carbons (Fsp3) is 0.483. The SMILES string of the molecule is CCOC(=O)C=C1CCN([C@H](CCC(C)C)c2ccc(C(F)(F)F)cc2)[C@@H](c2ccc(C(F)(F)F)cc2)C1. The number of esters is 1. The molecule has 2 atom stereocenters. The lowest BCUT2D eigenvalue weighted by Gasteiger charge is -2.43. The van der Waals surface area contributed by atoms with E-state index in [2.05, 4.69) is 18.7 Å². The number of carbonyl (C=O) groups excluding carboxylic acids is 1. The zero-order valence-electron chi connectivity index (χ0n) is 21.7. The van der Waals surface area contributed by atoms with Crippen molar-refractivity contribution in [3.05, 3.63) is 82.4 Å². The maximum atomic E-state index is 13.2. The van der Waals surface area contributed by atoms with Gasteiger partial charge in [0.25, 0.3) is 0 Å². The van der Waals surface area contributed by atoms with Gasteiger partial charge in [0, 0.05) is 24.7 Å². The molecule has 0 amide bonds. The van der Waals surface area contributed by atoms with Crippen LogP contribution in [0, 0.1) is 5.92 Å². The monoisotopic (exact) mass is 541 g/mol. The summed E-state index contributed by atoms with van der Waals surface area (Å²) in [5.41, 5.74) is 0.688. The van der Waals surface area contributed by atoms with E-state index in [-0.39, 0.29) is 18.7 Å². The second kappa shape index (κ2) is 12.4. The van der Waals surface area contributed by atoms with Crippen LogP contribution in [0.25, 0.3) is 0 Å². The van der Waals surface area contributed by atoms with E-state index in [0.717, 1.165) is 36.3 Å². The maximum Gasteiger partial charge on any atom is 0.416 e. The van der Waals surface area contributed by atoms with E-state index < -0.39 is 29.4 Å². The van der Waals surface area contributed by atoms with E-state index in [1.807, 2.05) is 0 Å². The van der Waals surface area contributed by atoms with Crippen molar-refractivity contribution in [1.82, 2.24) is 4.90 Å². The van der Waals surface area contributed by atoms with Crippen LogP contribution < -0.4 is 0 Å². The van der Waals surface area contributed by atoms with Crippen molar-refractivity contribution < 1.29 is 35.9 Å². The van der Waals surface area contributed by atoms with Gasteiger partial charge in [-0.25, -0.2) is 4.79 Å². The minimum Gasteiger partial charge on any atom is -0.463 e. The topological polar surface area (TPSA) is 29.5 Å². The molecular formula is C29H33F6NO2. The van der Waals surface area contributed by atoms with Crippen LogP contribution in [0.3, 0.4) is 0 Å². The molecule has 0 aromatic heterocycles. The standard InChI is InChI=1S/C29H33F6NO2/c1-4-38-27(37)18-20-15-16-36(26(17-20)22-8-12-24(13-9-22)29(33,34)35)25(14-5-19(2)3)21-6-10-23(11-7-21)28(30,31)32/h6-13,18-19,25-26H,4-5,14-17H2,1-3H3/t25-,26-/m1/s1. The minimum atomic E-state index is -4.47. The fourth-order valence-corrected chi connectivity index (χ4v) is 4.86. The molecule has 208 valence electrons. The number of rotatable bonds is 8. The van der Waals surface area contributed by atoms with Gasteiger partial charge >= 0.3 is 18.3 Å². The molecule has 3 rings (SSSR count). The molecule has 2 aromatic carbocycles. The van der Waals surface area contributed by atoms with Crippen LogP contribution in [-0.2, 0) is 21.9 Å². The Balaban J connectivity index is 2.02. The molecule has 2 aromatic rings. The molecule has 0 unspecified atom stereocenters. The second-order valence-corrected chi connectivity index (χ2v) is 9.99. The van der Waals surface area contributed by atoms with Gasteiger partial charge in [0.15, 0.2) is 0 Å². The number of piperidine rings is 1. The number of likely N-dealkylation sites (tertiary alicyclic amines) is 1. The lowest BCUT2D eigenvalue weighted by molar-refractivity contribution is -0.138. The summed E-state index contributed by atoms with van der Waals surface area (Å²) in [6.07, 6.45) is -5.08. The van der Waals surface area contributed by atoms with Gasteiger partial charge in [0.2, 0.25) is 0 Å². The van der Waals surface area contributed by atoms with Crippen molar-refractivity contribution in [2.75, 3.05) is 13.2 Å². The molecular weight excluding hydrogens is 508 g/mol. The molecule has 0 bridgehead atoms. The number of hydrogen-bond acceptors (Lipinski definition) is 3. The molecule has 0 saturated carbocycles. The predicted molar refractivity (Wildman–Crippen MR) is 133 cm³/mol. The summed E-state index contributed by atoms with van der Waals surface area (Å²) in [5.74, 6) is -0.123.